The van der Waals surface area contributed by atoms with Gasteiger partial charge in [-0.3, -0.25) is 9.89 Å². The smallest absolute Gasteiger partial charge is 0.191 e. The number of aromatic nitrogens is 1. The van der Waals surface area contributed by atoms with E-state index in [1.165, 1.54) is 0 Å². The van der Waals surface area contributed by atoms with E-state index in [2.05, 4.69) is 25.5 Å². The lowest BCUT2D eigenvalue weighted by Gasteiger charge is -2.23. The Bertz CT molecular complexity index is 625. The predicted octanol–water partition coefficient (Wildman–Crippen LogP) is 2.34. The second kappa shape index (κ2) is 9.30. The Labute approximate surface area is 147 Å². The third-order valence-corrected chi connectivity index (χ3v) is 3.90. The van der Waals surface area contributed by atoms with Crippen LogP contribution in [0.15, 0.2) is 46.1 Å². The first-order valence-corrected chi connectivity index (χ1v) is 8.22. The third-order valence-electron chi connectivity index (χ3n) is 3.68. The van der Waals surface area contributed by atoms with Crippen molar-refractivity contribution in [3.63, 3.8) is 0 Å². The van der Waals surface area contributed by atoms with Gasteiger partial charge in [-0.1, -0.05) is 17.7 Å². The molecule has 2 rings (SSSR count). The van der Waals surface area contributed by atoms with E-state index in [1.54, 1.807) is 25.6 Å². The number of pyridine rings is 1. The molecule has 24 heavy (non-hydrogen) atoms. The largest absolute Gasteiger partial charge is 0.468 e. The van der Waals surface area contributed by atoms with Crippen LogP contribution in [0.25, 0.3) is 0 Å². The van der Waals surface area contributed by atoms with E-state index in [0.717, 1.165) is 30.2 Å². The Kier molecular flexibility index (Phi) is 7.08. The number of nitrogens with one attached hydrogen (secondary N) is 2. The van der Waals surface area contributed by atoms with Crippen LogP contribution in [0.5, 0.6) is 0 Å². The summed E-state index contributed by atoms with van der Waals surface area (Å²) in [6, 6.07) is 7.80. The fourth-order valence-electron chi connectivity index (χ4n) is 2.31. The number of guanidine groups is 1. The van der Waals surface area contributed by atoms with Gasteiger partial charge in [0.05, 0.1) is 12.3 Å². The van der Waals surface area contributed by atoms with Crippen LogP contribution in [-0.4, -0.2) is 50.1 Å². The number of hydrogen-bond acceptors (Lipinski definition) is 4. The van der Waals surface area contributed by atoms with Crippen LogP contribution in [0.1, 0.15) is 17.4 Å². The molecule has 6 nitrogen and oxygen atoms in total. The molecule has 0 spiro atoms. The van der Waals surface area contributed by atoms with Gasteiger partial charge in [0.2, 0.25) is 0 Å². The summed E-state index contributed by atoms with van der Waals surface area (Å²) in [7, 11) is 5.81. The highest BCUT2D eigenvalue weighted by Gasteiger charge is 2.17. The molecule has 2 aromatic rings. The van der Waals surface area contributed by atoms with Gasteiger partial charge in [-0.05, 0) is 44.3 Å². The van der Waals surface area contributed by atoms with Crippen LogP contribution >= 0.6 is 11.6 Å². The number of rotatable bonds is 7. The van der Waals surface area contributed by atoms with E-state index >= 15 is 0 Å². The quantitative estimate of drug-likeness (QED) is 0.456. The van der Waals surface area contributed by atoms with E-state index in [4.69, 9.17) is 16.0 Å². The molecule has 0 saturated carbocycles. The van der Waals surface area contributed by atoms with Gasteiger partial charge in [0.15, 0.2) is 5.96 Å². The molecule has 7 heteroatoms. The van der Waals surface area contributed by atoms with Gasteiger partial charge < -0.3 is 15.1 Å². The molecule has 0 amide bonds. The minimum absolute atomic E-state index is 0.138. The SMILES string of the molecule is CN=C(NCCc1ccc(Cl)nc1)NCC(c1ccco1)N(C)C. The van der Waals surface area contributed by atoms with E-state index in [1.807, 2.05) is 32.3 Å². The van der Waals surface area contributed by atoms with E-state index in [0.29, 0.717) is 11.7 Å². The number of halogens is 1. The van der Waals surface area contributed by atoms with Crippen molar-refractivity contribution < 1.29 is 4.42 Å². The molecule has 2 N–H and O–H groups in total. The highest BCUT2D eigenvalue weighted by Crippen LogP contribution is 2.17. The fraction of sp³-hybridized carbons (Fsp3) is 0.412. The van der Waals surface area contributed by atoms with Gasteiger partial charge in [-0.2, -0.15) is 0 Å². The number of nitrogens with zero attached hydrogens (tertiary/aromatic N) is 3. The van der Waals surface area contributed by atoms with Gasteiger partial charge in [0.1, 0.15) is 10.9 Å². The minimum Gasteiger partial charge on any atom is -0.468 e. The number of furan rings is 1. The molecular weight excluding hydrogens is 326 g/mol. The Morgan fingerprint density at radius 2 is 2.17 bits per heavy atom. The van der Waals surface area contributed by atoms with Gasteiger partial charge in [-0.15, -0.1) is 0 Å². The van der Waals surface area contributed by atoms with Crippen LogP contribution < -0.4 is 10.6 Å². The average molecular weight is 350 g/mol. The van der Waals surface area contributed by atoms with Crippen LogP contribution in [0.2, 0.25) is 5.15 Å². The first-order valence-electron chi connectivity index (χ1n) is 7.85. The highest BCUT2D eigenvalue weighted by atomic mass is 35.5. The molecule has 1 atom stereocenters. The molecule has 0 radical (unpaired) electrons. The zero-order valence-corrected chi connectivity index (χ0v) is 15.0. The second-order valence-corrected chi connectivity index (χ2v) is 6.00. The molecule has 0 aliphatic rings. The van der Waals surface area contributed by atoms with Gasteiger partial charge in [-0.25, -0.2) is 4.98 Å². The molecule has 130 valence electrons. The standard InChI is InChI=1S/C17H24ClN5O/c1-19-17(20-9-8-13-6-7-16(18)21-11-13)22-12-14(23(2)3)15-5-4-10-24-15/h4-7,10-11,14H,8-9,12H2,1-3H3,(H2,19,20,22). The molecule has 0 bridgehead atoms. The zero-order chi connectivity index (χ0) is 17.4. The van der Waals surface area contributed by atoms with Crippen molar-refractivity contribution in [2.24, 2.45) is 4.99 Å². The third kappa shape index (κ3) is 5.54. The highest BCUT2D eigenvalue weighted by molar-refractivity contribution is 6.29. The van der Waals surface area contributed by atoms with Gasteiger partial charge in [0, 0.05) is 26.3 Å². The lowest BCUT2D eigenvalue weighted by atomic mass is 10.2. The van der Waals surface area contributed by atoms with Crippen molar-refractivity contribution in [3.05, 3.63) is 53.2 Å². The minimum atomic E-state index is 0.138. The maximum atomic E-state index is 5.79. The van der Waals surface area contributed by atoms with Crippen LogP contribution in [0.3, 0.4) is 0 Å². The molecular formula is C17H24ClN5O. The molecule has 2 heterocycles. The van der Waals surface area contributed by atoms with E-state index in [9.17, 15) is 0 Å². The Morgan fingerprint density at radius 3 is 2.75 bits per heavy atom. The van der Waals surface area contributed by atoms with Gasteiger partial charge in [0.25, 0.3) is 0 Å². The lowest BCUT2D eigenvalue weighted by molar-refractivity contribution is 0.258. The number of hydrogen-bond donors (Lipinski definition) is 2. The summed E-state index contributed by atoms with van der Waals surface area (Å²) in [6.45, 7) is 1.46. The van der Waals surface area contributed by atoms with E-state index < -0.39 is 0 Å². The molecule has 0 aromatic carbocycles. The Morgan fingerprint density at radius 1 is 1.33 bits per heavy atom. The normalized spacial score (nSPS) is 13.1. The first kappa shape index (κ1) is 18.3. The summed E-state index contributed by atoms with van der Waals surface area (Å²) >= 11 is 5.79. The van der Waals surface area contributed by atoms with Crippen LogP contribution in [-0.2, 0) is 6.42 Å². The number of likely N-dealkylation sites (N-methyl/N-ethyl adjacent to an activating group) is 1. The summed E-state index contributed by atoms with van der Waals surface area (Å²) in [5, 5.41) is 7.15. The monoisotopic (exact) mass is 349 g/mol. The van der Waals surface area contributed by atoms with Crippen LogP contribution in [0, 0.1) is 0 Å². The topological polar surface area (TPSA) is 65.7 Å². The van der Waals surface area contributed by atoms with Crippen molar-refractivity contribution >= 4 is 17.6 Å². The first-order chi connectivity index (χ1) is 11.6. The van der Waals surface area contributed by atoms with Crippen molar-refractivity contribution in [1.82, 2.24) is 20.5 Å². The summed E-state index contributed by atoms with van der Waals surface area (Å²) < 4.78 is 5.51. The average Bonchev–Trinajstić information content (AvgIpc) is 3.09. The van der Waals surface area contributed by atoms with Crippen LogP contribution in [0.4, 0.5) is 0 Å². The van der Waals surface area contributed by atoms with Crippen molar-refractivity contribution in [2.75, 3.05) is 34.2 Å². The fourth-order valence-corrected chi connectivity index (χ4v) is 2.42. The van der Waals surface area contributed by atoms with Crippen molar-refractivity contribution in [3.8, 4) is 0 Å². The summed E-state index contributed by atoms with van der Waals surface area (Å²) in [4.78, 5) is 10.4. The molecule has 0 aliphatic heterocycles. The summed E-state index contributed by atoms with van der Waals surface area (Å²) in [5.74, 6) is 1.69. The van der Waals surface area contributed by atoms with Crippen molar-refractivity contribution in [1.29, 1.82) is 0 Å². The maximum Gasteiger partial charge on any atom is 0.191 e. The van der Waals surface area contributed by atoms with Crippen molar-refractivity contribution in [2.45, 2.75) is 12.5 Å². The molecule has 0 fully saturated rings. The molecule has 0 saturated heterocycles. The second-order valence-electron chi connectivity index (χ2n) is 5.61. The summed E-state index contributed by atoms with van der Waals surface area (Å²) in [5.41, 5.74) is 1.13. The summed E-state index contributed by atoms with van der Waals surface area (Å²) in [6.07, 6.45) is 4.33. The molecule has 1 unspecified atom stereocenters. The Hall–Kier alpha value is -2.05. The Balaban J connectivity index is 1.80. The lowest BCUT2D eigenvalue weighted by Crippen LogP contribution is -2.42. The zero-order valence-electron chi connectivity index (χ0n) is 14.3. The number of aliphatic imine (C=N–C) groups is 1. The maximum absolute atomic E-state index is 5.79. The van der Waals surface area contributed by atoms with E-state index in [-0.39, 0.29) is 6.04 Å². The molecule has 2 aromatic heterocycles. The molecule has 0 aliphatic carbocycles. The predicted molar refractivity (Wildman–Crippen MR) is 97.5 cm³/mol. The van der Waals surface area contributed by atoms with Gasteiger partial charge >= 0.3 is 0 Å².